The summed E-state index contributed by atoms with van der Waals surface area (Å²) < 4.78 is 5.68. The minimum atomic E-state index is 0.367. The summed E-state index contributed by atoms with van der Waals surface area (Å²) in [7, 11) is 2.01. The van der Waals surface area contributed by atoms with Crippen LogP contribution in [0.2, 0.25) is 5.02 Å². The van der Waals surface area contributed by atoms with E-state index in [1.807, 2.05) is 13.1 Å². The van der Waals surface area contributed by atoms with Gasteiger partial charge in [-0.15, -0.1) is 0 Å². The Hall–Kier alpha value is -0.570. The minimum Gasteiger partial charge on any atom is -0.378 e. The summed E-state index contributed by atoms with van der Waals surface area (Å²) in [4.78, 5) is 0. The highest BCUT2D eigenvalue weighted by Crippen LogP contribution is 2.26. The number of nitrogens with one attached hydrogen (secondary N) is 1. The summed E-state index contributed by atoms with van der Waals surface area (Å²) in [5.74, 6) is 0. The molecular formula is C15H22ClNO. The van der Waals surface area contributed by atoms with Gasteiger partial charge >= 0.3 is 0 Å². The van der Waals surface area contributed by atoms with Gasteiger partial charge < -0.3 is 10.1 Å². The minimum absolute atomic E-state index is 0.367. The van der Waals surface area contributed by atoms with Crippen LogP contribution in [0.4, 0.5) is 0 Å². The van der Waals surface area contributed by atoms with Gasteiger partial charge in [-0.25, -0.2) is 0 Å². The SMILES string of the molecule is CNC(CCC1CCCO1)c1cc(C)cc(Cl)c1. The smallest absolute Gasteiger partial charge is 0.0576 e. The van der Waals surface area contributed by atoms with Gasteiger partial charge in [0.15, 0.2) is 0 Å². The molecule has 2 unspecified atom stereocenters. The van der Waals surface area contributed by atoms with E-state index in [0.717, 1.165) is 24.5 Å². The molecule has 0 aliphatic carbocycles. The highest BCUT2D eigenvalue weighted by atomic mass is 35.5. The molecular weight excluding hydrogens is 246 g/mol. The van der Waals surface area contributed by atoms with E-state index in [0.29, 0.717) is 12.1 Å². The standard InChI is InChI=1S/C15H22ClNO/c1-11-8-12(10-13(16)9-11)15(17-2)6-5-14-4-3-7-18-14/h8-10,14-15,17H,3-7H2,1-2H3. The molecule has 1 aromatic carbocycles. The second kappa shape index (κ2) is 6.55. The maximum Gasteiger partial charge on any atom is 0.0576 e. The van der Waals surface area contributed by atoms with Crippen molar-refractivity contribution >= 4 is 11.6 Å². The average molecular weight is 268 g/mol. The molecule has 0 spiro atoms. The van der Waals surface area contributed by atoms with E-state index in [4.69, 9.17) is 16.3 Å². The first-order valence-electron chi connectivity index (χ1n) is 6.75. The Kier molecular flexibility index (Phi) is 5.04. The quantitative estimate of drug-likeness (QED) is 0.875. The van der Waals surface area contributed by atoms with Gasteiger partial charge in [0.05, 0.1) is 6.10 Å². The van der Waals surface area contributed by atoms with E-state index < -0.39 is 0 Å². The number of hydrogen-bond acceptors (Lipinski definition) is 2. The first kappa shape index (κ1) is 13.9. The highest BCUT2D eigenvalue weighted by Gasteiger charge is 2.18. The molecule has 3 heteroatoms. The van der Waals surface area contributed by atoms with Gasteiger partial charge in [0, 0.05) is 17.7 Å². The molecule has 1 N–H and O–H groups in total. The lowest BCUT2D eigenvalue weighted by molar-refractivity contribution is 0.0998. The fourth-order valence-electron chi connectivity index (χ4n) is 2.67. The normalized spacial score (nSPS) is 21.2. The highest BCUT2D eigenvalue weighted by molar-refractivity contribution is 6.30. The maximum absolute atomic E-state index is 6.13. The topological polar surface area (TPSA) is 21.3 Å². The molecule has 1 aromatic rings. The Bertz CT molecular complexity index is 368. The zero-order chi connectivity index (χ0) is 13.0. The fraction of sp³-hybridized carbons (Fsp3) is 0.600. The van der Waals surface area contributed by atoms with Gasteiger partial charge in [-0.05, 0) is 62.9 Å². The zero-order valence-corrected chi connectivity index (χ0v) is 12.0. The van der Waals surface area contributed by atoms with Crippen LogP contribution in [0, 0.1) is 6.92 Å². The molecule has 1 aliphatic rings. The molecule has 0 amide bonds. The Morgan fingerprint density at radius 1 is 1.44 bits per heavy atom. The van der Waals surface area contributed by atoms with Gasteiger partial charge in [-0.3, -0.25) is 0 Å². The number of rotatable bonds is 5. The molecule has 2 atom stereocenters. The van der Waals surface area contributed by atoms with Crippen LogP contribution in [0.1, 0.15) is 42.9 Å². The summed E-state index contributed by atoms with van der Waals surface area (Å²) in [5, 5.41) is 4.20. The van der Waals surface area contributed by atoms with Crippen LogP contribution in [0.3, 0.4) is 0 Å². The number of ether oxygens (including phenoxy) is 1. The predicted octanol–water partition coefficient (Wildman–Crippen LogP) is 3.87. The van der Waals surface area contributed by atoms with E-state index in [-0.39, 0.29) is 0 Å². The average Bonchev–Trinajstić information content (AvgIpc) is 2.81. The molecule has 0 radical (unpaired) electrons. The van der Waals surface area contributed by atoms with Crippen LogP contribution >= 0.6 is 11.6 Å². The van der Waals surface area contributed by atoms with Crippen molar-refractivity contribution in [3.8, 4) is 0 Å². The molecule has 0 aromatic heterocycles. The van der Waals surface area contributed by atoms with Crippen molar-refractivity contribution in [3.05, 3.63) is 34.3 Å². The third-order valence-corrected chi connectivity index (χ3v) is 3.83. The van der Waals surface area contributed by atoms with Crippen molar-refractivity contribution in [1.82, 2.24) is 5.32 Å². The van der Waals surface area contributed by atoms with Gasteiger partial charge in [0.2, 0.25) is 0 Å². The third kappa shape index (κ3) is 3.71. The van der Waals surface area contributed by atoms with Gasteiger partial charge in [0.1, 0.15) is 0 Å². The van der Waals surface area contributed by atoms with Crippen LogP contribution in [-0.4, -0.2) is 19.8 Å². The molecule has 1 fully saturated rings. The van der Waals surface area contributed by atoms with Crippen molar-refractivity contribution in [1.29, 1.82) is 0 Å². The van der Waals surface area contributed by atoms with E-state index in [2.05, 4.69) is 24.4 Å². The number of aryl methyl sites for hydroxylation is 1. The Morgan fingerprint density at radius 3 is 2.89 bits per heavy atom. The first-order valence-corrected chi connectivity index (χ1v) is 7.13. The summed E-state index contributed by atoms with van der Waals surface area (Å²) in [6.45, 7) is 3.02. The lowest BCUT2D eigenvalue weighted by atomic mass is 9.98. The van der Waals surface area contributed by atoms with Crippen LogP contribution in [0.25, 0.3) is 0 Å². The van der Waals surface area contributed by atoms with Gasteiger partial charge in [-0.1, -0.05) is 17.7 Å². The predicted molar refractivity (Wildman–Crippen MR) is 76.2 cm³/mol. The van der Waals surface area contributed by atoms with E-state index in [9.17, 15) is 0 Å². The van der Waals surface area contributed by atoms with Gasteiger partial charge in [-0.2, -0.15) is 0 Å². The third-order valence-electron chi connectivity index (χ3n) is 3.62. The first-order chi connectivity index (χ1) is 8.69. The monoisotopic (exact) mass is 267 g/mol. The molecule has 2 nitrogen and oxygen atoms in total. The summed E-state index contributed by atoms with van der Waals surface area (Å²) >= 11 is 6.13. The summed E-state index contributed by atoms with van der Waals surface area (Å²) in [6, 6.07) is 6.64. The molecule has 1 saturated heterocycles. The van der Waals surface area contributed by atoms with Crippen molar-refractivity contribution in [3.63, 3.8) is 0 Å². The van der Waals surface area contributed by atoms with E-state index >= 15 is 0 Å². The Balaban J connectivity index is 1.98. The van der Waals surface area contributed by atoms with Crippen molar-refractivity contribution in [2.24, 2.45) is 0 Å². The van der Waals surface area contributed by atoms with Crippen molar-refractivity contribution in [2.45, 2.75) is 44.8 Å². The summed E-state index contributed by atoms with van der Waals surface area (Å²) in [5.41, 5.74) is 2.50. The van der Waals surface area contributed by atoms with Crippen LogP contribution in [0.5, 0.6) is 0 Å². The molecule has 18 heavy (non-hydrogen) atoms. The second-order valence-corrected chi connectivity index (χ2v) is 5.55. The zero-order valence-electron chi connectivity index (χ0n) is 11.2. The Labute approximate surface area is 115 Å². The molecule has 2 rings (SSSR count). The molecule has 1 heterocycles. The van der Waals surface area contributed by atoms with Crippen LogP contribution in [-0.2, 0) is 4.74 Å². The second-order valence-electron chi connectivity index (χ2n) is 5.12. The Morgan fingerprint density at radius 2 is 2.28 bits per heavy atom. The molecule has 0 saturated carbocycles. The molecule has 0 bridgehead atoms. The van der Waals surface area contributed by atoms with E-state index in [1.165, 1.54) is 24.0 Å². The van der Waals surface area contributed by atoms with Crippen LogP contribution < -0.4 is 5.32 Å². The summed E-state index contributed by atoms with van der Waals surface area (Å²) in [6.07, 6.45) is 5.11. The number of halogens is 1. The fourth-order valence-corrected chi connectivity index (χ4v) is 2.97. The molecule has 100 valence electrons. The molecule has 1 aliphatic heterocycles. The lowest BCUT2D eigenvalue weighted by Crippen LogP contribution is -2.18. The number of benzene rings is 1. The lowest BCUT2D eigenvalue weighted by Gasteiger charge is -2.19. The maximum atomic E-state index is 6.13. The van der Waals surface area contributed by atoms with Crippen molar-refractivity contribution < 1.29 is 4.74 Å². The largest absolute Gasteiger partial charge is 0.378 e. The van der Waals surface area contributed by atoms with E-state index in [1.54, 1.807) is 0 Å². The van der Waals surface area contributed by atoms with Gasteiger partial charge in [0.25, 0.3) is 0 Å². The number of hydrogen-bond donors (Lipinski definition) is 1. The van der Waals surface area contributed by atoms with Crippen molar-refractivity contribution in [2.75, 3.05) is 13.7 Å². The van der Waals surface area contributed by atoms with Crippen LogP contribution in [0.15, 0.2) is 18.2 Å².